The van der Waals surface area contributed by atoms with Crippen LogP contribution in [0.2, 0.25) is 5.02 Å². The van der Waals surface area contributed by atoms with Crippen molar-refractivity contribution in [3.8, 4) is 0 Å². The first kappa shape index (κ1) is 15.4. The van der Waals surface area contributed by atoms with E-state index in [0.29, 0.717) is 13.1 Å². The molecule has 0 spiro atoms. The summed E-state index contributed by atoms with van der Waals surface area (Å²) < 4.78 is 28.1. The number of aromatic amines is 1. The number of halogens is 3. The molecule has 2 saturated heterocycles. The van der Waals surface area contributed by atoms with Gasteiger partial charge in [-0.25, -0.2) is 8.78 Å². The van der Waals surface area contributed by atoms with Crippen molar-refractivity contribution in [1.82, 2.24) is 14.8 Å². The molecule has 8 heteroatoms. The monoisotopic (exact) mass is 353 g/mol. The van der Waals surface area contributed by atoms with E-state index in [1.807, 2.05) is 0 Å². The van der Waals surface area contributed by atoms with Gasteiger partial charge in [0.15, 0.2) is 5.82 Å². The minimum atomic E-state index is -0.861. The van der Waals surface area contributed by atoms with Gasteiger partial charge in [-0.05, 0) is 12.1 Å². The van der Waals surface area contributed by atoms with Gasteiger partial charge >= 0.3 is 0 Å². The molecule has 2 amide bonds. The van der Waals surface area contributed by atoms with Crippen molar-refractivity contribution in [2.45, 2.75) is 0 Å². The Morgan fingerprint density at radius 2 is 2.04 bits per heavy atom. The Morgan fingerprint density at radius 1 is 1.29 bits per heavy atom. The molecule has 0 bridgehead atoms. The molecule has 3 heterocycles. The number of rotatable bonds is 1. The number of aromatic nitrogens is 1. The maximum absolute atomic E-state index is 14.6. The van der Waals surface area contributed by atoms with Gasteiger partial charge in [0.25, 0.3) is 5.91 Å². The standard InChI is InChI=1S/C16H14ClF2N3O2/c1-21-4-7-5-22(6-8(7)15(21)23)16(24)14-13(19)11-10(20-14)3-2-9(18)12(11)17/h2-3,7-8,20H,4-6H2,1H3/t7-,8+/m0/s1. The van der Waals surface area contributed by atoms with Crippen LogP contribution in [0, 0.1) is 23.5 Å². The lowest BCUT2D eigenvalue weighted by atomic mass is 10.0. The van der Waals surface area contributed by atoms with Crippen molar-refractivity contribution < 1.29 is 18.4 Å². The molecule has 2 fully saturated rings. The van der Waals surface area contributed by atoms with Crippen molar-refractivity contribution in [2.24, 2.45) is 11.8 Å². The molecule has 2 atom stereocenters. The fourth-order valence-electron chi connectivity index (χ4n) is 3.72. The second kappa shape index (κ2) is 5.17. The van der Waals surface area contributed by atoms with Gasteiger partial charge in [-0.3, -0.25) is 9.59 Å². The lowest BCUT2D eigenvalue weighted by Crippen LogP contribution is -2.34. The number of nitrogens with one attached hydrogen (secondary N) is 1. The third-order valence-corrected chi connectivity index (χ3v) is 5.31. The van der Waals surface area contributed by atoms with Crippen LogP contribution in [0.1, 0.15) is 10.5 Å². The molecular weight excluding hydrogens is 340 g/mol. The van der Waals surface area contributed by atoms with Gasteiger partial charge in [-0.2, -0.15) is 0 Å². The largest absolute Gasteiger partial charge is 0.348 e. The van der Waals surface area contributed by atoms with Gasteiger partial charge in [-0.1, -0.05) is 11.6 Å². The van der Waals surface area contributed by atoms with Crippen LogP contribution in [-0.2, 0) is 4.79 Å². The Hall–Kier alpha value is -2.15. The number of fused-ring (bicyclic) bond motifs is 2. The molecule has 0 radical (unpaired) electrons. The first-order valence-electron chi connectivity index (χ1n) is 7.58. The van der Waals surface area contributed by atoms with E-state index in [1.165, 1.54) is 11.0 Å². The molecule has 126 valence electrons. The third kappa shape index (κ3) is 2.04. The van der Waals surface area contributed by atoms with Crippen LogP contribution in [0.25, 0.3) is 10.9 Å². The molecule has 0 aliphatic carbocycles. The fraction of sp³-hybridized carbons (Fsp3) is 0.375. The third-order valence-electron chi connectivity index (χ3n) is 4.94. The van der Waals surface area contributed by atoms with Crippen molar-refractivity contribution in [3.05, 3.63) is 34.5 Å². The Balaban J connectivity index is 1.67. The predicted octanol–water partition coefficient (Wildman–Crippen LogP) is 2.26. The summed E-state index contributed by atoms with van der Waals surface area (Å²) in [7, 11) is 1.74. The molecule has 0 unspecified atom stereocenters. The number of nitrogens with zero attached hydrogens (tertiary/aromatic N) is 2. The highest BCUT2D eigenvalue weighted by molar-refractivity contribution is 6.35. The summed E-state index contributed by atoms with van der Waals surface area (Å²) in [6.45, 7) is 1.26. The van der Waals surface area contributed by atoms with Crippen molar-refractivity contribution in [1.29, 1.82) is 0 Å². The van der Waals surface area contributed by atoms with Gasteiger partial charge in [0.1, 0.15) is 11.5 Å². The molecule has 2 aromatic rings. The molecule has 2 aliphatic rings. The van der Waals surface area contributed by atoms with E-state index in [4.69, 9.17) is 11.6 Å². The van der Waals surface area contributed by atoms with Crippen molar-refractivity contribution >= 4 is 34.3 Å². The summed E-state index contributed by atoms with van der Waals surface area (Å²) in [5.41, 5.74) is 0.00993. The molecule has 5 nitrogen and oxygen atoms in total. The van der Waals surface area contributed by atoms with E-state index in [2.05, 4.69) is 4.98 Å². The first-order valence-corrected chi connectivity index (χ1v) is 7.95. The van der Waals surface area contributed by atoms with E-state index >= 15 is 0 Å². The highest BCUT2D eigenvalue weighted by Crippen LogP contribution is 2.34. The molecule has 4 rings (SSSR count). The van der Waals surface area contributed by atoms with Gasteiger partial charge < -0.3 is 14.8 Å². The van der Waals surface area contributed by atoms with E-state index in [-0.39, 0.29) is 45.9 Å². The van der Waals surface area contributed by atoms with Crippen LogP contribution in [0.15, 0.2) is 12.1 Å². The van der Waals surface area contributed by atoms with Gasteiger partial charge in [0.05, 0.1) is 21.8 Å². The topological polar surface area (TPSA) is 56.4 Å². The Bertz CT molecular complexity index is 882. The fourth-order valence-corrected chi connectivity index (χ4v) is 3.96. The molecule has 24 heavy (non-hydrogen) atoms. The Kier molecular flexibility index (Phi) is 3.32. The number of hydrogen-bond donors (Lipinski definition) is 1. The first-order chi connectivity index (χ1) is 11.4. The lowest BCUT2D eigenvalue weighted by Gasteiger charge is -2.18. The second-order valence-corrected chi connectivity index (χ2v) is 6.77. The number of carbonyl (C=O) groups excluding carboxylic acids is 2. The summed E-state index contributed by atoms with van der Waals surface area (Å²) in [6, 6.07) is 2.46. The SMILES string of the molecule is CN1C[C@H]2CN(C(=O)c3[nH]c4ccc(F)c(Cl)c4c3F)C[C@H]2C1=O. The Morgan fingerprint density at radius 3 is 2.75 bits per heavy atom. The summed E-state index contributed by atoms with van der Waals surface area (Å²) in [4.78, 5) is 30.5. The smallest absolute Gasteiger partial charge is 0.273 e. The molecule has 1 N–H and O–H groups in total. The van der Waals surface area contributed by atoms with E-state index in [1.54, 1.807) is 11.9 Å². The number of hydrogen-bond acceptors (Lipinski definition) is 2. The highest BCUT2D eigenvalue weighted by Gasteiger charge is 2.46. The molecule has 1 aromatic heterocycles. The van der Waals surface area contributed by atoms with Crippen LogP contribution in [0.5, 0.6) is 0 Å². The lowest BCUT2D eigenvalue weighted by molar-refractivity contribution is -0.129. The number of benzene rings is 1. The molecular formula is C16H14ClF2N3O2. The highest BCUT2D eigenvalue weighted by atomic mass is 35.5. The summed E-state index contributed by atoms with van der Waals surface area (Å²) in [6.07, 6.45) is 0. The van der Waals surface area contributed by atoms with Crippen LogP contribution < -0.4 is 0 Å². The average Bonchev–Trinajstić information content (AvgIpc) is 3.18. The van der Waals surface area contributed by atoms with Crippen LogP contribution in [-0.4, -0.2) is 53.3 Å². The predicted molar refractivity (Wildman–Crippen MR) is 83.7 cm³/mol. The van der Waals surface area contributed by atoms with Crippen LogP contribution in [0.4, 0.5) is 8.78 Å². The minimum Gasteiger partial charge on any atom is -0.348 e. The van der Waals surface area contributed by atoms with E-state index < -0.39 is 17.5 Å². The quantitative estimate of drug-likeness (QED) is 0.855. The second-order valence-electron chi connectivity index (χ2n) is 6.39. The van der Waals surface area contributed by atoms with Crippen molar-refractivity contribution in [2.75, 3.05) is 26.7 Å². The van der Waals surface area contributed by atoms with Crippen LogP contribution >= 0.6 is 11.6 Å². The van der Waals surface area contributed by atoms with E-state index in [9.17, 15) is 18.4 Å². The average molecular weight is 354 g/mol. The summed E-state index contributed by atoms with van der Waals surface area (Å²) in [5, 5.41) is -0.481. The molecule has 2 aliphatic heterocycles. The maximum atomic E-state index is 14.6. The number of amides is 2. The number of likely N-dealkylation sites (tertiary alicyclic amines) is 2. The number of carbonyl (C=O) groups is 2. The van der Waals surface area contributed by atoms with Gasteiger partial charge in [-0.15, -0.1) is 0 Å². The minimum absolute atomic E-state index is 0.0116. The van der Waals surface area contributed by atoms with Crippen LogP contribution in [0.3, 0.4) is 0 Å². The summed E-state index contributed by atoms with van der Waals surface area (Å²) >= 11 is 5.81. The zero-order chi connectivity index (χ0) is 17.2. The zero-order valence-corrected chi connectivity index (χ0v) is 13.5. The summed E-state index contributed by atoms with van der Waals surface area (Å²) in [5.74, 6) is -2.29. The normalized spacial score (nSPS) is 23.4. The maximum Gasteiger partial charge on any atom is 0.273 e. The van der Waals surface area contributed by atoms with E-state index in [0.717, 1.165) is 6.07 Å². The van der Waals surface area contributed by atoms with Gasteiger partial charge in [0, 0.05) is 32.6 Å². The molecule has 0 saturated carbocycles. The zero-order valence-electron chi connectivity index (χ0n) is 12.8. The Labute approximate surface area is 141 Å². The van der Waals surface area contributed by atoms with Gasteiger partial charge in [0.2, 0.25) is 5.91 Å². The van der Waals surface area contributed by atoms with Crippen molar-refractivity contribution in [3.63, 3.8) is 0 Å². The number of H-pyrrole nitrogens is 1. The molecule has 1 aromatic carbocycles.